The Kier molecular flexibility index (Phi) is 2.88. The van der Waals surface area contributed by atoms with Crippen molar-refractivity contribution >= 4 is 19.5 Å². The summed E-state index contributed by atoms with van der Waals surface area (Å²) in [6.45, 7) is 2.58. The Hall–Kier alpha value is 0.330. The topological polar surface area (TPSA) is 55.8 Å². The summed E-state index contributed by atoms with van der Waals surface area (Å²) in [5.74, 6) is 0.351. The fourth-order valence-electron chi connectivity index (χ4n) is 2.64. The van der Waals surface area contributed by atoms with Crippen LogP contribution in [0.4, 0.5) is 0 Å². The van der Waals surface area contributed by atoms with Gasteiger partial charge in [-0.15, -0.1) is 4.52 Å². The molecule has 5 unspecified atom stereocenters. The van der Waals surface area contributed by atoms with Crippen molar-refractivity contribution in [3.8, 4) is 0 Å². The van der Waals surface area contributed by atoms with Gasteiger partial charge >= 0.3 is 7.23 Å². The minimum Gasteiger partial charge on any atom is -0.396 e. The van der Waals surface area contributed by atoms with E-state index in [1.54, 1.807) is 0 Å². The Morgan fingerprint density at radius 3 is 3.00 bits per heavy atom. The van der Waals surface area contributed by atoms with Gasteiger partial charge in [0.2, 0.25) is 0 Å². The smallest absolute Gasteiger partial charge is 0.396 e. The third-order valence-electron chi connectivity index (χ3n) is 3.27. The highest BCUT2D eigenvalue weighted by Gasteiger charge is 2.61. The summed E-state index contributed by atoms with van der Waals surface area (Å²) >= 11 is 3.74. The van der Waals surface area contributed by atoms with Crippen LogP contribution in [-0.2, 0) is 13.8 Å². The normalized spacial score (nSPS) is 47.1. The van der Waals surface area contributed by atoms with E-state index in [1.807, 2.05) is 0 Å². The lowest BCUT2D eigenvalue weighted by atomic mass is 9.86. The first-order valence-electron chi connectivity index (χ1n) is 4.64. The van der Waals surface area contributed by atoms with Gasteiger partial charge in [0.05, 0.1) is 24.7 Å². The Bertz CT molecular complexity index is 262. The van der Waals surface area contributed by atoms with Crippen LogP contribution in [0, 0.1) is 11.3 Å². The molecular weight excluding hydrogens is 223 g/mol. The molecule has 0 amide bonds. The fraction of sp³-hybridized carbons (Fsp3) is 1.00. The molecule has 1 saturated carbocycles. The molecule has 2 rings (SSSR count). The van der Waals surface area contributed by atoms with E-state index in [-0.39, 0.29) is 24.2 Å². The number of hydrogen-bond donors (Lipinski definition) is 2. The first-order valence-corrected chi connectivity index (χ1v) is 6.97. The quantitative estimate of drug-likeness (QED) is 0.575. The van der Waals surface area contributed by atoms with Crippen molar-refractivity contribution in [2.45, 2.75) is 25.6 Å². The molecule has 1 heterocycles. The summed E-state index contributed by atoms with van der Waals surface area (Å²) < 4.78 is 21.7. The van der Waals surface area contributed by atoms with E-state index in [2.05, 4.69) is 19.2 Å². The second-order valence-electron chi connectivity index (χ2n) is 4.24. The van der Waals surface area contributed by atoms with E-state index in [1.165, 1.54) is 0 Å². The molecule has 0 aromatic rings. The van der Waals surface area contributed by atoms with Crippen LogP contribution in [0.25, 0.3) is 0 Å². The number of fused-ring (bicyclic) bond motifs is 2. The van der Waals surface area contributed by atoms with Crippen molar-refractivity contribution in [3.05, 3.63) is 0 Å². The summed E-state index contributed by atoms with van der Waals surface area (Å²) in [6.07, 6.45) is 0.576. The van der Waals surface area contributed by atoms with Crippen LogP contribution in [0.5, 0.6) is 0 Å². The molecule has 4 nitrogen and oxygen atoms in total. The molecule has 14 heavy (non-hydrogen) atoms. The molecule has 0 spiro atoms. The maximum Gasteiger partial charge on any atom is 0.582 e. The predicted molar refractivity (Wildman–Crippen MR) is 54.5 cm³/mol. The lowest BCUT2D eigenvalue weighted by molar-refractivity contribution is -0.00148. The van der Waals surface area contributed by atoms with E-state index in [9.17, 15) is 9.67 Å². The Morgan fingerprint density at radius 2 is 2.50 bits per heavy atom. The highest BCUT2D eigenvalue weighted by Crippen LogP contribution is 2.53. The van der Waals surface area contributed by atoms with E-state index < -0.39 is 7.23 Å². The summed E-state index contributed by atoms with van der Waals surface area (Å²) in [4.78, 5) is 0. The number of hydrogen-bond acceptors (Lipinski definition) is 4. The Morgan fingerprint density at radius 1 is 1.79 bits per heavy atom. The van der Waals surface area contributed by atoms with Crippen LogP contribution in [0.2, 0.25) is 0 Å². The second-order valence-corrected chi connectivity index (χ2v) is 5.91. The minimum absolute atomic E-state index is 0.0233. The average Bonchev–Trinajstić information content (AvgIpc) is 2.57. The lowest BCUT2D eigenvalue weighted by Crippen LogP contribution is -2.35. The van der Waals surface area contributed by atoms with E-state index in [0.717, 1.165) is 6.42 Å². The first-order chi connectivity index (χ1) is 6.59. The molecule has 80 valence electrons. The molecule has 0 aromatic carbocycles. The third kappa shape index (κ3) is 1.51. The first kappa shape index (κ1) is 10.8. The van der Waals surface area contributed by atoms with Crippen molar-refractivity contribution < 1.29 is 18.9 Å². The highest BCUT2D eigenvalue weighted by molar-refractivity contribution is 8.39. The van der Waals surface area contributed by atoms with Crippen LogP contribution in [0.1, 0.15) is 13.3 Å². The van der Waals surface area contributed by atoms with E-state index >= 15 is 0 Å². The number of thiol groups is 1. The maximum atomic E-state index is 10.9. The molecule has 0 radical (unpaired) electrons. The Balaban J connectivity index is 2.18. The zero-order valence-corrected chi connectivity index (χ0v) is 9.71. The largest absolute Gasteiger partial charge is 0.582 e. The van der Waals surface area contributed by atoms with Gasteiger partial charge < -0.3 is 9.84 Å². The van der Waals surface area contributed by atoms with Crippen molar-refractivity contribution in [1.29, 1.82) is 0 Å². The second kappa shape index (κ2) is 3.72. The molecular formula is C8H14O4PS+. The molecule has 1 aliphatic carbocycles. The van der Waals surface area contributed by atoms with Gasteiger partial charge in [0.1, 0.15) is 12.2 Å². The number of aliphatic hydroxyl groups excluding tert-OH is 1. The molecule has 5 atom stereocenters. The maximum absolute atomic E-state index is 10.9. The molecule has 2 bridgehead atoms. The molecule has 2 aliphatic rings. The van der Waals surface area contributed by atoms with Crippen LogP contribution in [0.3, 0.4) is 0 Å². The fourth-order valence-corrected chi connectivity index (χ4v) is 3.49. The standard InChI is InChI=1S/C8H13O4PS/c1-5-2-8(3-9)4-11-6(5)7(8)12-13(10)14/h5-7,9H,2-4H2,1H3/p+1. The van der Waals surface area contributed by atoms with E-state index in [4.69, 9.17) is 9.26 Å². The zero-order valence-electron chi connectivity index (χ0n) is 7.92. The highest BCUT2D eigenvalue weighted by atomic mass is 32.7. The SMILES string of the molecule is CC1CC2(CO)COC1C2O[P+](=O)S. The van der Waals surface area contributed by atoms with Gasteiger partial charge in [-0.05, 0) is 16.9 Å². The molecule has 2 fully saturated rings. The van der Waals surface area contributed by atoms with Crippen molar-refractivity contribution in [2.75, 3.05) is 13.2 Å². The Labute approximate surface area is 89.0 Å². The number of rotatable bonds is 3. The summed E-state index contributed by atoms with van der Waals surface area (Å²) in [6, 6.07) is 0. The van der Waals surface area contributed by atoms with Gasteiger partial charge in [-0.25, -0.2) is 0 Å². The molecule has 1 saturated heterocycles. The number of aliphatic hydroxyl groups is 1. The summed E-state index contributed by atoms with van der Waals surface area (Å²) in [5, 5.41) is 9.36. The predicted octanol–water partition coefficient (Wildman–Crippen LogP) is 1.38. The van der Waals surface area contributed by atoms with Gasteiger partial charge in [-0.1, -0.05) is 6.92 Å². The monoisotopic (exact) mass is 237 g/mol. The average molecular weight is 237 g/mol. The van der Waals surface area contributed by atoms with Crippen LogP contribution in [-0.4, -0.2) is 30.5 Å². The van der Waals surface area contributed by atoms with Gasteiger partial charge in [0.25, 0.3) is 0 Å². The van der Waals surface area contributed by atoms with Gasteiger partial charge in [0, 0.05) is 0 Å². The van der Waals surface area contributed by atoms with Gasteiger partial charge in [-0.2, -0.15) is 0 Å². The minimum atomic E-state index is -1.93. The molecule has 1 N–H and O–H groups in total. The molecule has 0 aromatic heterocycles. The summed E-state index contributed by atoms with van der Waals surface area (Å²) in [5.41, 5.74) is -0.349. The third-order valence-corrected chi connectivity index (χ3v) is 3.96. The summed E-state index contributed by atoms with van der Waals surface area (Å²) in [7, 11) is -1.93. The lowest BCUT2D eigenvalue weighted by Gasteiger charge is -2.25. The van der Waals surface area contributed by atoms with Crippen LogP contribution in [0.15, 0.2) is 0 Å². The van der Waals surface area contributed by atoms with Crippen LogP contribution >= 0.6 is 19.5 Å². The van der Waals surface area contributed by atoms with Gasteiger partial charge in [-0.3, -0.25) is 0 Å². The van der Waals surface area contributed by atoms with Gasteiger partial charge in [0.15, 0.2) is 6.10 Å². The van der Waals surface area contributed by atoms with Crippen LogP contribution < -0.4 is 0 Å². The van der Waals surface area contributed by atoms with E-state index in [0.29, 0.717) is 12.5 Å². The molecule has 1 aliphatic heterocycles. The van der Waals surface area contributed by atoms with Crippen molar-refractivity contribution in [3.63, 3.8) is 0 Å². The zero-order chi connectivity index (χ0) is 10.3. The molecule has 6 heteroatoms. The van der Waals surface area contributed by atoms with Crippen molar-refractivity contribution in [2.24, 2.45) is 11.3 Å². The van der Waals surface area contributed by atoms with Crippen molar-refractivity contribution in [1.82, 2.24) is 0 Å². The number of ether oxygens (including phenoxy) is 1.